The summed E-state index contributed by atoms with van der Waals surface area (Å²) in [7, 11) is 1.48. The number of rotatable bonds is 6. The molecule has 25 heavy (non-hydrogen) atoms. The lowest BCUT2D eigenvalue weighted by Gasteiger charge is -2.11. The first-order chi connectivity index (χ1) is 12.0. The van der Waals surface area contributed by atoms with Gasteiger partial charge >= 0.3 is 0 Å². The molecule has 2 N–H and O–H groups in total. The van der Waals surface area contributed by atoms with Crippen LogP contribution in [0.15, 0.2) is 42.5 Å². The van der Waals surface area contributed by atoms with Crippen molar-refractivity contribution < 1.29 is 14.3 Å². The molecule has 2 aromatic rings. The lowest BCUT2D eigenvalue weighted by molar-refractivity contribution is -0.120. The summed E-state index contributed by atoms with van der Waals surface area (Å²) in [6.07, 6.45) is -0.189. The maximum absolute atomic E-state index is 12.5. The van der Waals surface area contributed by atoms with Crippen molar-refractivity contribution in [1.29, 1.82) is 5.26 Å². The molecule has 0 heterocycles. The summed E-state index contributed by atoms with van der Waals surface area (Å²) in [6, 6.07) is 13.6. The summed E-state index contributed by atoms with van der Waals surface area (Å²) in [5.41, 5.74) is 1.68. The van der Waals surface area contributed by atoms with Crippen LogP contribution in [0.25, 0.3) is 0 Å². The first-order valence-electron chi connectivity index (χ1n) is 7.41. The van der Waals surface area contributed by atoms with Crippen molar-refractivity contribution in [3.8, 4) is 11.8 Å². The minimum Gasteiger partial charge on any atom is -0.496 e. The molecule has 0 aliphatic carbocycles. The van der Waals surface area contributed by atoms with E-state index in [1.807, 2.05) is 6.07 Å². The molecule has 0 spiro atoms. The van der Waals surface area contributed by atoms with Gasteiger partial charge in [-0.2, -0.15) is 5.26 Å². The molecular weight excluding hydrogens is 342 g/mol. The van der Waals surface area contributed by atoms with Crippen molar-refractivity contribution >= 4 is 29.1 Å². The molecule has 2 aromatic carbocycles. The lowest BCUT2D eigenvalue weighted by Crippen LogP contribution is -2.22. The molecule has 2 rings (SSSR count). The van der Waals surface area contributed by atoms with Crippen LogP contribution in [0.3, 0.4) is 0 Å². The van der Waals surface area contributed by atoms with Crippen molar-refractivity contribution in [3.63, 3.8) is 0 Å². The molecule has 7 heteroatoms. The van der Waals surface area contributed by atoms with Crippen LogP contribution < -0.4 is 15.4 Å². The number of nitriles is 1. The Hall–Kier alpha value is -3.04. The molecule has 0 fully saturated rings. The summed E-state index contributed by atoms with van der Waals surface area (Å²) in [5, 5.41) is 14.3. The Kier molecular flexibility index (Phi) is 6.38. The number of hydrogen-bond donors (Lipinski definition) is 2. The Balaban J connectivity index is 2.09. The van der Waals surface area contributed by atoms with Crippen LogP contribution in [0, 0.1) is 11.3 Å². The normalized spacial score (nSPS) is 9.80. The monoisotopic (exact) mass is 357 g/mol. The quantitative estimate of drug-likeness (QED) is 0.830. The van der Waals surface area contributed by atoms with Gasteiger partial charge in [0.2, 0.25) is 5.91 Å². The van der Waals surface area contributed by atoms with Gasteiger partial charge in [-0.15, -0.1) is 0 Å². The highest BCUT2D eigenvalue weighted by atomic mass is 35.5. The van der Waals surface area contributed by atoms with Crippen molar-refractivity contribution in [2.24, 2.45) is 0 Å². The van der Waals surface area contributed by atoms with E-state index in [0.29, 0.717) is 22.0 Å². The number of nitrogens with one attached hydrogen (secondary N) is 2. The molecule has 0 saturated carbocycles. The van der Waals surface area contributed by atoms with E-state index < -0.39 is 0 Å². The van der Waals surface area contributed by atoms with Crippen molar-refractivity contribution in [1.82, 2.24) is 5.32 Å². The number of hydrogen-bond acceptors (Lipinski definition) is 4. The number of benzene rings is 2. The van der Waals surface area contributed by atoms with Gasteiger partial charge < -0.3 is 15.4 Å². The maximum atomic E-state index is 12.5. The van der Waals surface area contributed by atoms with E-state index >= 15 is 0 Å². The SMILES string of the molecule is COc1ccc(Cl)cc1C(=O)Nc1cccc(CNC(=O)CC#N)c1. The minimum absolute atomic E-state index is 0.189. The van der Waals surface area contributed by atoms with Crippen LogP contribution in [0.1, 0.15) is 22.3 Å². The molecule has 0 bridgehead atoms. The van der Waals surface area contributed by atoms with Crippen molar-refractivity contribution in [2.45, 2.75) is 13.0 Å². The van der Waals surface area contributed by atoms with Gasteiger partial charge in [0.05, 0.1) is 18.7 Å². The third kappa shape index (κ3) is 5.23. The van der Waals surface area contributed by atoms with Gasteiger partial charge in [-0.1, -0.05) is 23.7 Å². The Morgan fingerprint density at radius 1 is 1.24 bits per heavy atom. The van der Waals surface area contributed by atoms with E-state index in [0.717, 1.165) is 5.56 Å². The molecule has 0 saturated heterocycles. The first-order valence-corrected chi connectivity index (χ1v) is 7.78. The standard InChI is InChI=1S/C18H16ClN3O3/c1-25-16-6-5-13(19)10-15(16)18(24)22-14-4-2-3-12(9-14)11-21-17(23)7-8-20/h2-6,9-10H,7,11H2,1H3,(H,21,23)(H,22,24). The number of methoxy groups -OCH3 is 1. The highest BCUT2D eigenvalue weighted by Gasteiger charge is 2.13. The van der Waals surface area contributed by atoms with E-state index in [-0.39, 0.29) is 24.8 Å². The number of nitrogens with zero attached hydrogens (tertiary/aromatic N) is 1. The van der Waals surface area contributed by atoms with Gasteiger partial charge in [0.25, 0.3) is 5.91 Å². The molecule has 128 valence electrons. The van der Waals surface area contributed by atoms with Gasteiger partial charge in [-0.25, -0.2) is 0 Å². The smallest absolute Gasteiger partial charge is 0.259 e. The number of carbonyl (C=O) groups excluding carboxylic acids is 2. The number of anilines is 1. The third-order valence-corrected chi connectivity index (χ3v) is 3.56. The predicted octanol–water partition coefficient (Wildman–Crippen LogP) is 3.13. The Morgan fingerprint density at radius 2 is 2.04 bits per heavy atom. The second kappa shape index (κ2) is 8.71. The van der Waals surface area contributed by atoms with Crippen LogP contribution in [0.2, 0.25) is 5.02 Å². The molecule has 2 amide bonds. The largest absolute Gasteiger partial charge is 0.496 e. The highest BCUT2D eigenvalue weighted by Crippen LogP contribution is 2.24. The fraction of sp³-hybridized carbons (Fsp3) is 0.167. The van der Waals surface area contributed by atoms with Crippen LogP contribution in [-0.4, -0.2) is 18.9 Å². The molecule has 6 nitrogen and oxygen atoms in total. The van der Waals surface area contributed by atoms with Crippen LogP contribution in [0.4, 0.5) is 5.69 Å². The topological polar surface area (TPSA) is 91.2 Å². The van der Waals surface area contributed by atoms with E-state index in [4.69, 9.17) is 21.6 Å². The van der Waals surface area contributed by atoms with Crippen LogP contribution in [0.5, 0.6) is 5.75 Å². The summed E-state index contributed by atoms with van der Waals surface area (Å²) >= 11 is 5.94. The fourth-order valence-electron chi connectivity index (χ4n) is 2.15. The number of halogens is 1. The Bertz CT molecular complexity index is 831. The van der Waals surface area contributed by atoms with Crippen molar-refractivity contribution in [2.75, 3.05) is 12.4 Å². The van der Waals surface area contributed by atoms with Gasteiger partial charge in [0, 0.05) is 17.3 Å². The Morgan fingerprint density at radius 3 is 2.76 bits per heavy atom. The number of amides is 2. The fourth-order valence-corrected chi connectivity index (χ4v) is 2.32. The minimum atomic E-state index is -0.356. The first kappa shape index (κ1) is 18.3. The van der Waals surface area contributed by atoms with E-state index in [1.165, 1.54) is 13.2 Å². The highest BCUT2D eigenvalue weighted by molar-refractivity contribution is 6.31. The van der Waals surface area contributed by atoms with E-state index in [1.54, 1.807) is 36.4 Å². The molecule has 0 aromatic heterocycles. The molecule has 0 aliphatic rings. The van der Waals surface area contributed by atoms with Crippen molar-refractivity contribution in [3.05, 3.63) is 58.6 Å². The zero-order valence-electron chi connectivity index (χ0n) is 13.5. The Labute approximate surface area is 150 Å². The third-order valence-electron chi connectivity index (χ3n) is 3.32. The average molecular weight is 358 g/mol. The van der Waals surface area contributed by atoms with Crippen LogP contribution in [-0.2, 0) is 11.3 Å². The molecule has 0 unspecified atom stereocenters. The van der Waals surface area contributed by atoms with E-state index in [9.17, 15) is 9.59 Å². The van der Waals surface area contributed by atoms with E-state index in [2.05, 4.69) is 10.6 Å². The molecule has 0 atom stereocenters. The average Bonchev–Trinajstić information content (AvgIpc) is 2.60. The second-order valence-corrected chi connectivity index (χ2v) is 5.55. The molecule has 0 radical (unpaired) electrons. The molecule has 0 aliphatic heterocycles. The summed E-state index contributed by atoms with van der Waals surface area (Å²) in [6.45, 7) is 0.269. The van der Waals surface area contributed by atoms with Gasteiger partial charge in [-0.05, 0) is 35.9 Å². The van der Waals surface area contributed by atoms with Gasteiger partial charge in [0.1, 0.15) is 12.2 Å². The summed E-state index contributed by atoms with van der Waals surface area (Å²) in [5.74, 6) is -0.285. The zero-order chi connectivity index (χ0) is 18.2. The second-order valence-electron chi connectivity index (χ2n) is 5.11. The zero-order valence-corrected chi connectivity index (χ0v) is 14.3. The lowest BCUT2D eigenvalue weighted by atomic mass is 10.1. The number of carbonyl (C=O) groups is 2. The summed E-state index contributed by atoms with van der Waals surface area (Å²) in [4.78, 5) is 23.8. The summed E-state index contributed by atoms with van der Waals surface area (Å²) < 4.78 is 5.18. The van der Waals surface area contributed by atoms with Gasteiger partial charge in [-0.3, -0.25) is 9.59 Å². The predicted molar refractivity (Wildman–Crippen MR) is 94.5 cm³/mol. The van der Waals surface area contributed by atoms with Gasteiger partial charge in [0.15, 0.2) is 0 Å². The maximum Gasteiger partial charge on any atom is 0.259 e. The molecular formula is C18H16ClN3O3. The van der Waals surface area contributed by atoms with Crippen LogP contribution >= 0.6 is 11.6 Å². The number of ether oxygens (including phenoxy) is 1.